The predicted molar refractivity (Wildman–Crippen MR) is 125 cm³/mol. The van der Waals surface area contributed by atoms with Crippen molar-refractivity contribution in [3.05, 3.63) is 71.4 Å². The van der Waals surface area contributed by atoms with Gasteiger partial charge in [-0.2, -0.15) is 0 Å². The van der Waals surface area contributed by atoms with Crippen molar-refractivity contribution in [3.63, 3.8) is 0 Å². The number of amides is 1. The van der Waals surface area contributed by atoms with Crippen LogP contribution in [0.1, 0.15) is 21.5 Å². The maximum atomic E-state index is 13.2. The Kier molecular flexibility index (Phi) is 5.81. The zero-order chi connectivity index (χ0) is 22.1. The molecule has 1 aromatic heterocycles. The summed E-state index contributed by atoms with van der Waals surface area (Å²) < 4.78 is 5.45. The first-order valence-electron chi connectivity index (χ1n) is 11.3. The fourth-order valence-electron chi connectivity index (χ4n) is 4.97. The molecule has 2 aliphatic heterocycles. The van der Waals surface area contributed by atoms with Gasteiger partial charge in [0.2, 0.25) is 0 Å². The first-order valence-corrected chi connectivity index (χ1v) is 11.3. The van der Waals surface area contributed by atoms with Crippen molar-refractivity contribution in [2.45, 2.75) is 19.4 Å². The number of benzene rings is 2. The number of aliphatic hydroxyl groups excluding tert-OH is 1. The number of likely N-dealkylation sites (tertiary alicyclic amines) is 1. The van der Waals surface area contributed by atoms with E-state index in [0.717, 1.165) is 54.9 Å². The number of anilines is 1. The molecule has 0 spiro atoms. The number of pyridine rings is 1. The minimum Gasteiger partial charge on any atom is -0.391 e. The number of aryl methyl sites for hydroxylation is 1. The Balaban J connectivity index is 1.30. The first-order chi connectivity index (χ1) is 15.6. The van der Waals surface area contributed by atoms with Crippen molar-refractivity contribution in [3.8, 4) is 0 Å². The van der Waals surface area contributed by atoms with Crippen LogP contribution in [0.15, 0.2) is 54.7 Å². The lowest BCUT2D eigenvalue weighted by atomic mass is 9.94. The third-order valence-electron chi connectivity index (χ3n) is 6.71. The monoisotopic (exact) mass is 431 g/mol. The third-order valence-corrected chi connectivity index (χ3v) is 6.71. The maximum Gasteiger partial charge on any atom is 0.253 e. The predicted octanol–water partition coefficient (Wildman–Crippen LogP) is 3.06. The Morgan fingerprint density at radius 2 is 1.94 bits per heavy atom. The van der Waals surface area contributed by atoms with Gasteiger partial charge < -0.3 is 19.6 Å². The SMILES string of the molecule is Cc1cc(C(=O)N2C[C@@H](Cc3ccnc4ccccc34)[C@@H](O)C2)ccc1N1CCOCC1. The topological polar surface area (TPSA) is 65.9 Å². The van der Waals surface area contributed by atoms with Gasteiger partial charge in [-0.3, -0.25) is 9.78 Å². The Morgan fingerprint density at radius 3 is 2.75 bits per heavy atom. The molecule has 2 atom stereocenters. The molecule has 0 aliphatic carbocycles. The van der Waals surface area contributed by atoms with Gasteiger partial charge in [-0.15, -0.1) is 0 Å². The van der Waals surface area contributed by atoms with E-state index in [0.29, 0.717) is 18.7 Å². The molecule has 2 aliphatic rings. The summed E-state index contributed by atoms with van der Waals surface area (Å²) >= 11 is 0. The van der Waals surface area contributed by atoms with Crippen LogP contribution >= 0.6 is 0 Å². The molecule has 2 fully saturated rings. The average Bonchev–Trinajstić information content (AvgIpc) is 3.19. The standard InChI is InChI=1S/C26H29N3O3/c1-18-14-20(6-7-24(18)28-10-12-32-13-11-28)26(31)29-16-21(25(30)17-29)15-19-8-9-27-23-5-3-2-4-22(19)23/h2-9,14,21,25,30H,10-13,15-17H2,1H3/t21-,25+/m1/s1. The van der Waals surface area contributed by atoms with Crippen LogP contribution in [0.3, 0.4) is 0 Å². The largest absolute Gasteiger partial charge is 0.391 e. The number of fused-ring (bicyclic) bond motifs is 1. The molecule has 2 aromatic carbocycles. The molecule has 166 valence electrons. The van der Waals surface area contributed by atoms with E-state index in [9.17, 15) is 9.90 Å². The second kappa shape index (κ2) is 8.88. The van der Waals surface area contributed by atoms with E-state index < -0.39 is 6.10 Å². The van der Waals surface area contributed by atoms with E-state index in [4.69, 9.17) is 4.74 Å². The number of ether oxygens (including phenoxy) is 1. The van der Waals surface area contributed by atoms with Crippen molar-refractivity contribution < 1.29 is 14.6 Å². The Hall–Kier alpha value is -2.96. The summed E-state index contributed by atoms with van der Waals surface area (Å²) in [5.41, 5.74) is 5.06. The number of nitrogens with zero attached hydrogens (tertiary/aromatic N) is 3. The summed E-state index contributed by atoms with van der Waals surface area (Å²) in [6, 6.07) is 16.0. The van der Waals surface area contributed by atoms with Crippen molar-refractivity contribution in [2.24, 2.45) is 5.92 Å². The highest BCUT2D eigenvalue weighted by molar-refractivity contribution is 5.95. The van der Waals surface area contributed by atoms with E-state index in [1.54, 1.807) is 4.90 Å². The zero-order valence-electron chi connectivity index (χ0n) is 18.4. The van der Waals surface area contributed by atoms with Crippen molar-refractivity contribution in [1.82, 2.24) is 9.88 Å². The summed E-state index contributed by atoms with van der Waals surface area (Å²) in [4.78, 5) is 21.7. The minimum atomic E-state index is -0.528. The lowest BCUT2D eigenvalue weighted by molar-refractivity contribution is 0.0764. The second-order valence-electron chi connectivity index (χ2n) is 8.83. The molecule has 6 nitrogen and oxygen atoms in total. The summed E-state index contributed by atoms with van der Waals surface area (Å²) in [6.07, 6.45) is 2.02. The number of carbonyl (C=O) groups is 1. The number of rotatable bonds is 4. The summed E-state index contributed by atoms with van der Waals surface area (Å²) in [6.45, 7) is 6.20. The highest BCUT2D eigenvalue weighted by Gasteiger charge is 2.34. The number of carbonyl (C=O) groups excluding carboxylic acids is 1. The van der Waals surface area contributed by atoms with Crippen LogP contribution in [0.4, 0.5) is 5.69 Å². The van der Waals surface area contributed by atoms with Gasteiger partial charge in [0.05, 0.1) is 24.8 Å². The van der Waals surface area contributed by atoms with E-state index in [2.05, 4.69) is 22.9 Å². The molecule has 2 saturated heterocycles. The van der Waals surface area contributed by atoms with Crippen LogP contribution in [-0.2, 0) is 11.2 Å². The van der Waals surface area contributed by atoms with Crippen LogP contribution in [-0.4, -0.2) is 66.4 Å². The fourth-order valence-corrected chi connectivity index (χ4v) is 4.97. The molecule has 0 saturated carbocycles. The first kappa shape index (κ1) is 20.9. The summed E-state index contributed by atoms with van der Waals surface area (Å²) in [5.74, 6) is 0.00115. The summed E-state index contributed by atoms with van der Waals surface area (Å²) in [7, 11) is 0. The summed E-state index contributed by atoms with van der Waals surface area (Å²) in [5, 5.41) is 11.8. The van der Waals surface area contributed by atoms with Gasteiger partial charge in [0.15, 0.2) is 0 Å². The van der Waals surface area contributed by atoms with E-state index in [1.807, 2.05) is 48.7 Å². The van der Waals surface area contributed by atoms with Gasteiger partial charge in [0.1, 0.15) is 0 Å². The normalized spacial score (nSPS) is 21.3. The number of β-amino-alcohol motifs (C(OH)–C–C–N with tert-alkyl or cyclic N) is 1. The molecule has 0 radical (unpaired) electrons. The highest BCUT2D eigenvalue weighted by atomic mass is 16.5. The fraction of sp³-hybridized carbons (Fsp3) is 0.385. The molecule has 0 unspecified atom stereocenters. The lowest BCUT2D eigenvalue weighted by Crippen LogP contribution is -2.36. The molecular weight excluding hydrogens is 402 g/mol. The van der Waals surface area contributed by atoms with Crippen molar-refractivity contribution in [1.29, 1.82) is 0 Å². The highest BCUT2D eigenvalue weighted by Crippen LogP contribution is 2.28. The average molecular weight is 432 g/mol. The molecule has 6 heteroatoms. The van der Waals surface area contributed by atoms with Gasteiger partial charge >= 0.3 is 0 Å². The Labute approximate surface area is 188 Å². The molecule has 1 amide bonds. The lowest BCUT2D eigenvalue weighted by Gasteiger charge is -2.30. The number of para-hydroxylation sites is 1. The van der Waals surface area contributed by atoms with Gasteiger partial charge in [0, 0.05) is 54.9 Å². The van der Waals surface area contributed by atoms with Crippen LogP contribution in [0.5, 0.6) is 0 Å². The number of hydrogen-bond donors (Lipinski definition) is 1. The Bertz CT molecular complexity index is 1120. The molecule has 3 aromatic rings. The van der Waals surface area contributed by atoms with Crippen LogP contribution < -0.4 is 4.90 Å². The quantitative estimate of drug-likeness (QED) is 0.688. The van der Waals surface area contributed by atoms with Gasteiger partial charge in [-0.1, -0.05) is 18.2 Å². The molecule has 1 N–H and O–H groups in total. The molecule has 0 bridgehead atoms. The van der Waals surface area contributed by atoms with E-state index in [1.165, 1.54) is 5.56 Å². The molecule has 5 rings (SSSR count). The van der Waals surface area contributed by atoms with Crippen LogP contribution in [0.2, 0.25) is 0 Å². The second-order valence-corrected chi connectivity index (χ2v) is 8.83. The minimum absolute atomic E-state index is 0.0113. The number of morpholine rings is 1. The van der Waals surface area contributed by atoms with E-state index in [-0.39, 0.29) is 11.8 Å². The van der Waals surface area contributed by atoms with Crippen LogP contribution in [0, 0.1) is 12.8 Å². The van der Waals surface area contributed by atoms with Crippen molar-refractivity contribution in [2.75, 3.05) is 44.3 Å². The third kappa shape index (κ3) is 4.08. The van der Waals surface area contributed by atoms with Crippen molar-refractivity contribution >= 4 is 22.5 Å². The molecule has 32 heavy (non-hydrogen) atoms. The smallest absolute Gasteiger partial charge is 0.253 e. The van der Waals surface area contributed by atoms with Gasteiger partial charge in [-0.25, -0.2) is 0 Å². The Morgan fingerprint density at radius 1 is 1.12 bits per heavy atom. The molecule has 3 heterocycles. The van der Waals surface area contributed by atoms with Gasteiger partial charge in [-0.05, 0) is 54.8 Å². The number of aliphatic hydroxyl groups is 1. The number of aromatic nitrogens is 1. The number of hydrogen-bond acceptors (Lipinski definition) is 5. The van der Waals surface area contributed by atoms with E-state index >= 15 is 0 Å². The molecular formula is C26H29N3O3. The zero-order valence-corrected chi connectivity index (χ0v) is 18.4. The van der Waals surface area contributed by atoms with Crippen LogP contribution in [0.25, 0.3) is 10.9 Å². The maximum absolute atomic E-state index is 13.2. The van der Waals surface area contributed by atoms with Gasteiger partial charge in [0.25, 0.3) is 5.91 Å².